The van der Waals surface area contributed by atoms with Crippen LogP contribution in [0.2, 0.25) is 0 Å². The molecule has 0 aromatic heterocycles. The van der Waals surface area contributed by atoms with Crippen LogP contribution in [0.1, 0.15) is 120 Å². The first-order valence-corrected chi connectivity index (χ1v) is 22.7. The molecule has 0 saturated heterocycles. The van der Waals surface area contributed by atoms with Crippen LogP contribution in [0.15, 0.2) is 77.9 Å². The summed E-state index contributed by atoms with van der Waals surface area (Å²) in [5.41, 5.74) is 6.56. The van der Waals surface area contributed by atoms with Crippen LogP contribution in [-0.4, -0.2) is 49.3 Å². The predicted molar refractivity (Wildman–Crippen MR) is 237 cm³/mol. The van der Waals surface area contributed by atoms with Crippen molar-refractivity contribution in [1.29, 1.82) is 0 Å². The monoisotopic (exact) mass is 830 g/mol. The van der Waals surface area contributed by atoms with Crippen molar-refractivity contribution >= 4 is 46.9 Å². The fourth-order valence-electron chi connectivity index (χ4n) is 9.64. The van der Waals surface area contributed by atoms with Gasteiger partial charge in [0.25, 0.3) is 0 Å². The Morgan fingerprint density at radius 1 is 0.721 bits per heavy atom. The zero-order valence-electron chi connectivity index (χ0n) is 35.9. The maximum atomic E-state index is 13.9. The van der Waals surface area contributed by atoms with Gasteiger partial charge in [0.1, 0.15) is 11.5 Å². The Kier molecular flexibility index (Phi) is 15.1. The Bertz CT molecular complexity index is 2100. The summed E-state index contributed by atoms with van der Waals surface area (Å²) in [5.74, 6) is 0.962. The average molecular weight is 831 g/mol. The molecule has 3 aromatic rings. The van der Waals surface area contributed by atoms with Crippen molar-refractivity contribution < 1.29 is 38.1 Å². The second-order valence-electron chi connectivity index (χ2n) is 17.9. The van der Waals surface area contributed by atoms with Gasteiger partial charge in [0.05, 0.1) is 43.2 Å². The zero-order chi connectivity index (χ0) is 42.7. The molecule has 7 rings (SSSR count). The molecule has 0 amide bonds. The van der Waals surface area contributed by atoms with Crippen LogP contribution in [-0.2, 0) is 35.1 Å². The lowest BCUT2D eigenvalue weighted by Crippen LogP contribution is -2.30. The SMILES string of the molecule is C=C(C)C(=O)OCCCCOC(=O)C1CCC(C(=O)Oc2c(/C=N/NC3C=Cc4ccccc4C3)cc(OC(=O)C3CCC(C4CCC(C)CC4)CC3)c3ccccc23)CC1. The van der Waals surface area contributed by atoms with Gasteiger partial charge >= 0.3 is 23.9 Å². The van der Waals surface area contributed by atoms with E-state index in [1.807, 2.05) is 36.4 Å². The zero-order valence-corrected chi connectivity index (χ0v) is 35.9. The van der Waals surface area contributed by atoms with Crippen LogP contribution in [0.5, 0.6) is 11.5 Å². The number of esters is 4. The summed E-state index contributed by atoms with van der Waals surface area (Å²) >= 11 is 0. The first kappa shape index (κ1) is 43.8. The first-order valence-electron chi connectivity index (χ1n) is 22.7. The van der Waals surface area contributed by atoms with E-state index >= 15 is 0 Å². The number of nitrogens with one attached hydrogen (secondary N) is 1. The molecule has 1 atom stereocenters. The van der Waals surface area contributed by atoms with E-state index in [0.29, 0.717) is 77.9 Å². The highest BCUT2D eigenvalue weighted by Crippen LogP contribution is 2.43. The Hall–Kier alpha value is -5.25. The van der Waals surface area contributed by atoms with Gasteiger partial charge in [-0.1, -0.05) is 87.0 Å². The number of unbranched alkanes of at least 4 members (excludes halogenated alkanes) is 1. The minimum atomic E-state index is -0.426. The summed E-state index contributed by atoms with van der Waals surface area (Å²) in [6, 6.07) is 17.6. The van der Waals surface area contributed by atoms with Gasteiger partial charge < -0.3 is 24.4 Å². The fraction of sp³-hybridized carbons (Fsp3) is 0.510. The van der Waals surface area contributed by atoms with Crippen molar-refractivity contribution in [2.45, 2.75) is 116 Å². The molecule has 1 N–H and O–H groups in total. The smallest absolute Gasteiger partial charge is 0.333 e. The molecule has 3 fully saturated rings. The fourth-order valence-corrected chi connectivity index (χ4v) is 9.64. The molecular formula is C51H62N2O8. The highest BCUT2D eigenvalue weighted by molar-refractivity contribution is 6.03. The lowest BCUT2D eigenvalue weighted by atomic mass is 9.69. The minimum absolute atomic E-state index is 0.0322. The van der Waals surface area contributed by atoms with E-state index in [0.717, 1.165) is 43.9 Å². The number of carbonyl (C=O) groups is 4. The predicted octanol–water partition coefficient (Wildman–Crippen LogP) is 10.1. The average Bonchev–Trinajstić information content (AvgIpc) is 3.28. The first-order chi connectivity index (χ1) is 29.6. The van der Waals surface area contributed by atoms with Gasteiger partial charge in [0, 0.05) is 21.9 Å². The van der Waals surface area contributed by atoms with Crippen LogP contribution in [0.4, 0.5) is 0 Å². The number of hydrogen-bond acceptors (Lipinski definition) is 10. The molecular weight excluding hydrogens is 769 g/mol. The molecule has 0 aliphatic heterocycles. The molecule has 0 bridgehead atoms. The molecule has 0 radical (unpaired) electrons. The van der Waals surface area contributed by atoms with Crippen molar-refractivity contribution in [3.05, 3.63) is 89.5 Å². The maximum Gasteiger partial charge on any atom is 0.333 e. The summed E-state index contributed by atoms with van der Waals surface area (Å²) in [7, 11) is 0. The van der Waals surface area contributed by atoms with Crippen LogP contribution in [0.3, 0.4) is 0 Å². The summed E-state index contributed by atoms with van der Waals surface area (Å²) < 4.78 is 23.2. The van der Waals surface area contributed by atoms with Crippen molar-refractivity contribution in [2.75, 3.05) is 13.2 Å². The highest BCUT2D eigenvalue weighted by atomic mass is 16.5. The van der Waals surface area contributed by atoms with Crippen LogP contribution >= 0.6 is 0 Å². The third kappa shape index (κ3) is 11.6. The second kappa shape index (κ2) is 21.0. The standard InChI is InChI=1S/C51H62N2O8/c1-33(2)48(54)58-28-8-9-29-59-49(55)38-22-24-40(25-23-38)51(57)61-47-42(32-52-53-43-27-26-35-10-4-5-11-41(35)30-43)31-46(44-12-6-7-13-45(44)47)60-50(56)39-20-18-37(19-21-39)36-16-14-34(3)15-17-36/h4-7,10-13,26-27,31-32,34,36-40,43,53H,1,8-9,14-25,28-30H2,2-3H3/b52-32+. The van der Waals surface area contributed by atoms with E-state index in [-0.39, 0.29) is 49.0 Å². The lowest BCUT2D eigenvalue weighted by molar-refractivity contribution is -0.152. The number of carbonyl (C=O) groups excluding carboxylic acids is 4. The molecule has 10 nitrogen and oxygen atoms in total. The van der Waals surface area contributed by atoms with Crippen LogP contribution < -0.4 is 14.9 Å². The molecule has 324 valence electrons. The van der Waals surface area contributed by atoms with Gasteiger partial charge in [0.15, 0.2) is 0 Å². The third-order valence-corrected chi connectivity index (χ3v) is 13.4. The number of ether oxygens (including phenoxy) is 4. The van der Waals surface area contributed by atoms with E-state index < -0.39 is 11.9 Å². The van der Waals surface area contributed by atoms with Gasteiger partial charge in [0.2, 0.25) is 0 Å². The number of fused-ring (bicyclic) bond motifs is 2. The maximum absolute atomic E-state index is 13.9. The van der Waals surface area contributed by atoms with Crippen molar-refractivity contribution in [3.8, 4) is 11.5 Å². The Morgan fingerprint density at radius 3 is 1.98 bits per heavy atom. The summed E-state index contributed by atoms with van der Waals surface area (Å²) in [6.45, 7) is 8.02. The van der Waals surface area contributed by atoms with Gasteiger partial charge in [-0.15, -0.1) is 0 Å². The summed E-state index contributed by atoms with van der Waals surface area (Å²) in [6.07, 6.45) is 18.9. The van der Waals surface area contributed by atoms with Crippen LogP contribution in [0.25, 0.3) is 16.8 Å². The molecule has 10 heteroatoms. The van der Waals surface area contributed by atoms with E-state index in [2.05, 4.69) is 48.3 Å². The number of rotatable bonds is 15. The van der Waals surface area contributed by atoms with E-state index in [1.165, 1.54) is 36.8 Å². The van der Waals surface area contributed by atoms with Gasteiger partial charge in [-0.3, -0.25) is 14.4 Å². The Morgan fingerprint density at radius 2 is 1.30 bits per heavy atom. The normalized spacial score (nSPS) is 25.0. The molecule has 4 aliphatic carbocycles. The Balaban J connectivity index is 1.01. The lowest BCUT2D eigenvalue weighted by Gasteiger charge is -2.36. The molecule has 0 heterocycles. The number of hydrazone groups is 1. The molecule has 3 saturated carbocycles. The molecule has 3 aromatic carbocycles. The Labute approximate surface area is 360 Å². The number of benzene rings is 3. The third-order valence-electron chi connectivity index (χ3n) is 13.4. The van der Waals surface area contributed by atoms with Gasteiger partial charge in [-0.25, -0.2) is 4.79 Å². The molecule has 61 heavy (non-hydrogen) atoms. The van der Waals surface area contributed by atoms with Gasteiger partial charge in [-0.05, 0) is 125 Å². The molecule has 0 spiro atoms. The van der Waals surface area contributed by atoms with Crippen molar-refractivity contribution in [2.24, 2.45) is 40.6 Å². The summed E-state index contributed by atoms with van der Waals surface area (Å²) in [5, 5.41) is 5.97. The largest absolute Gasteiger partial charge is 0.465 e. The van der Waals surface area contributed by atoms with Crippen LogP contribution in [0, 0.1) is 35.5 Å². The minimum Gasteiger partial charge on any atom is -0.465 e. The number of nitrogens with zero attached hydrogens (tertiary/aromatic N) is 1. The van der Waals surface area contributed by atoms with Gasteiger partial charge in [-0.2, -0.15) is 5.10 Å². The highest BCUT2D eigenvalue weighted by Gasteiger charge is 2.35. The second-order valence-corrected chi connectivity index (χ2v) is 17.9. The van der Waals surface area contributed by atoms with E-state index in [9.17, 15) is 19.2 Å². The van der Waals surface area contributed by atoms with Crippen molar-refractivity contribution in [3.63, 3.8) is 0 Å². The van der Waals surface area contributed by atoms with E-state index in [4.69, 9.17) is 18.9 Å². The van der Waals surface area contributed by atoms with Crippen molar-refractivity contribution in [1.82, 2.24) is 5.43 Å². The molecule has 4 aliphatic rings. The molecule has 1 unspecified atom stereocenters. The summed E-state index contributed by atoms with van der Waals surface area (Å²) in [4.78, 5) is 52.2. The number of hydrogen-bond donors (Lipinski definition) is 1. The topological polar surface area (TPSA) is 130 Å². The quantitative estimate of drug-likeness (QED) is 0.0397. The van der Waals surface area contributed by atoms with E-state index in [1.54, 1.807) is 19.2 Å².